The summed E-state index contributed by atoms with van der Waals surface area (Å²) < 4.78 is 1.92. The molecule has 0 spiro atoms. The van der Waals surface area contributed by atoms with Crippen LogP contribution in [0, 0.1) is 0 Å². The third kappa shape index (κ3) is 3.84. The van der Waals surface area contributed by atoms with E-state index in [1.807, 2.05) is 15.8 Å². The van der Waals surface area contributed by atoms with Gasteiger partial charge in [-0.15, -0.1) is 0 Å². The van der Waals surface area contributed by atoms with Crippen molar-refractivity contribution in [1.82, 2.24) is 14.7 Å². The second-order valence-electron chi connectivity index (χ2n) is 6.32. The summed E-state index contributed by atoms with van der Waals surface area (Å²) in [6.07, 6.45) is 5.81. The number of halogens is 2. The fraction of sp³-hybridized carbons (Fsp3) is 0.444. The van der Waals surface area contributed by atoms with Crippen molar-refractivity contribution in [2.45, 2.75) is 38.3 Å². The van der Waals surface area contributed by atoms with E-state index in [1.165, 1.54) is 5.56 Å². The second kappa shape index (κ2) is 7.77. The number of rotatable bonds is 5. The van der Waals surface area contributed by atoms with Gasteiger partial charge in [0.15, 0.2) is 0 Å². The van der Waals surface area contributed by atoms with Gasteiger partial charge < -0.3 is 5.11 Å². The summed E-state index contributed by atoms with van der Waals surface area (Å²) in [5.41, 5.74) is 1.79. The van der Waals surface area contributed by atoms with E-state index >= 15 is 0 Å². The molecule has 0 bridgehead atoms. The Labute approximate surface area is 157 Å². The van der Waals surface area contributed by atoms with Crippen LogP contribution in [0.1, 0.15) is 42.9 Å². The topological polar surface area (TPSA) is 58.4 Å². The fourth-order valence-electron chi connectivity index (χ4n) is 3.47. The molecular formula is C18H21Cl2N3O2. The first-order valence-electron chi connectivity index (χ1n) is 8.44. The van der Waals surface area contributed by atoms with Gasteiger partial charge in [0, 0.05) is 18.3 Å². The van der Waals surface area contributed by atoms with E-state index < -0.39 is 12.0 Å². The van der Waals surface area contributed by atoms with Crippen LogP contribution in [-0.2, 0) is 11.3 Å². The van der Waals surface area contributed by atoms with E-state index in [2.05, 4.69) is 18.2 Å². The number of hydrogen-bond acceptors (Lipinski definition) is 3. The maximum atomic E-state index is 11.9. The first-order chi connectivity index (χ1) is 12.0. The molecule has 1 saturated heterocycles. The number of nitrogens with zero attached hydrogens (tertiary/aromatic N) is 3. The largest absolute Gasteiger partial charge is 0.480 e. The first-order valence-corrected chi connectivity index (χ1v) is 9.20. The summed E-state index contributed by atoms with van der Waals surface area (Å²) in [7, 11) is 0. The summed E-state index contributed by atoms with van der Waals surface area (Å²) in [6, 6.07) is 4.38. The minimum atomic E-state index is -0.901. The standard InChI is InChI=1S/C18H21Cl2N3O2/c1-2-23-11-13(10-21-23)12-6-8-22(9-7-12)17(18(24)25)14-4-3-5-15(19)16(14)20/h3-5,10-12,17H,2,6-9H2,1H3,(H,24,25). The Kier molecular flexibility index (Phi) is 5.67. The Morgan fingerprint density at radius 3 is 2.68 bits per heavy atom. The van der Waals surface area contributed by atoms with Crippen LogP contribution in [0.4, 0.5) is 0 Å². The molecule has 5 nitrogen and oxygen atoms in total. The van der Waals surface area contributed by atoms with Gasteiger partial charge in [-0.05, 0) is 50.4 Å². The summed E-state index contributed by atoms with van der Waals surface area (Å²) >= 11 is 12.3. The Morgan fingerprint density at radius 2 is 2.08 bits per heavy atom. The van der Waals surface area contributed by atoms with Crippen LogP contribution in [0.2, 0.25) is 10.0 Å². The molecule has 0 radical (unpaired) electrons. The molecule has 2 aromatic rings. The average molecular weight is 382 g/mol. The third-order valence-corrected chi connectivity index (χ3v) is 5.69. The van der Waals surface area contributed by atoms with Gasteiger partial charge in [-0.2, -0.15) is 5.10 Å². The molecule has 1 aromatic carbocycles. The van der Waals surface area contributed by atoms with Crippen molar-refractivity contribution in [2.75, 3.05) is 13.1 Å². The predicted octanol–water partition coefficient (Wildman–Crippen LogP) is 4.22. The van der Waals surface area contributed by atoms with Gasteiger partial charge in [0.2, 0.25) is 0 Å². The predicted molar refractivity (Wildman–Crippen MR) is 98.3 cm³/mol. The first kappa shape index (κ1) is 18.2. The lowest BCUT2D eigenvalue weighted by Gasteiger charge is -2.36. The lowest BCUT2D eigenvalue weighted by Crippen LogP contribution is -2.39. The van der Waals surface area contributed by atoms with Crippen molar-refractivity contribution in [2.24, 2.45) is 0 Å². The molecule has 134 valence electrons. The lowest BCUT2D eigenvalue weighted by molar-refractivity contribution is -0.144. The van der Waals surface area contributed by atoms with Crippen molar-refractivity contribution >= 4 is 29.2 Å². The number of aromatic nitrogens is 2. The zero-order valence-electron chi connectivity index (χ0n) is 14.0. The van der Waals surface area contributed by atoms with Crippen molar-refractivity contribution < 1.29 is 9.90 Å². The number of aryl methyl sites for hydroxylation is 1. The zero-order valence-corrected chi connectivity index (χ0v) is 15.5. The smallest absolute Gasteiger partial charge is 0.325 e. The average Bonchev–Trinajstić information content (AvgIpc) is 3.08. The molecule has 1 aliphatic rings. The highest BCUT2D eigenvalue weighted by molar-refractivity contribution is 6.42. The van der Waals surface area contributed by atoms with Gasteiger partial charge in [-0.25, -0.2) is 0 Å². The van der Waals surface area contributed by atoms with Crippen molar-refractivity contribution in [3.05, 3.63) is 51.8 Å². The van der Waals surface area contributed by atoms with Gasteiger partial charge in [-0.3, -0.25) is 14.4 Å². The van der Waals surface area contributed by atoms with Gasteiger partial charge in [0.05, 0.1) is 16.2 Å². The Bertz CT molecular complexity index is 755. The molecule has 2 heterocycles. The van der Waals surface area contributed by atoms with Crippen molar-refractivity contribution in [3.63, 3.8) is 0 Å². The van der Waals surface area contributed by atoms with Crippen LogP contribution in [0.3, 0.4) is 0 Å². The van der Waals surface area contributed by atoms with Crippen molar-refractivity contribution in [3.8, 4) is 0 Å². The summed E-state index contributed by atoms with van der Waals surface area (Å²) in [5, 5.41) is 14.8. The Hall–Kier alpha value is -1.56. The molecule has 7 heteroatoms. The molecule has 0 aliphatic carbocycles. The number of carbonyl (C=O) groups is 1. The van der Waals surface area contributed by atoms with Gasteiger partial charge >= 0.3 is 5.97 Å². The van der Waals surface area contributed by atoms with E-state index in [0.717, 1.165) is 19.4 Å². The maximum absolute atomic E-state index is 11.9. The van der Waals surface area contributed by atoms with Crippen LogP contribution >= 0.6 is 23.2 Å². The normalized spacial score (nSPS) is 17.6. The van der Waals surface area contributed by atoms with Crippen LogP contribution in [0.5, 0.6) is 0 Å². The molecule has 0 saturated carbocycles. The number of hydrogen-bond donors (Lipinski definition) is 1. The van der Waals surface area contributed by atoms with E-state index in [0.29, 0.717) is 34.6 Å². The van der Waals surface area contributed by atoms with E-state index in [-0.39, 0.29) is 0 Å². The third-order valence-electron chi connectivity index (χ3n) is 4.85. The van der Waals surface area contributed by atoms with E-state index in [1.54, 1.807) is 18.2 Å². The van der Waals surface area contributed by atoms with Crippen LogP contribution in [0.15, 0.2) is 30.6 Å². The van der Waals surface area contributed by atoms with E-state index in [9.17, 15) is 9.90 Å². The quantitative estimate of drug-likeness (QED) is 0.842. The molecule has 1 unspecified atom stereocenters. The number of aliphatic carboxylic acids is 1. The number of piperidine rings is 1. The van der Waals surface area contributed by atoms with Crippen molar-refractivity contribution in [1.29, 1.82) is 0 Å². The van der Waals surface area contributed by atoms with Gasteiger partial charge in [0.25, 0.3) is 0 Å². The molecule has 25 heavy (non-hydrogen) atoms. The SMILES string of the molecule is CCn1cc(C2CCN(C(C(=O)O)c3cccc(Cl)c3Cl)CC2)cn1. The number of carboxylic acid groups (broad SMARTS) is 1. The second-order valence-corrected chi connectivity index (χ2v) is 7.11. The summed E-state index contributed by atoms with van der Waals surface area (Å²) in [5.74, 6) is -0.484. The van der Waals surface area contributed by atoms with Crippen LogP contribution < -0.4 is 0 Å². The highest BCUT2D eigenvalue weighted by atomic mass is 35.5. The maximum Gasteiger partial charge on any atom is 0.325 e. The molecule has 1 N–H and O–H groups in total. The van der Waals surface area contributed by atoms with Crippen LogP contribution in [-0.4, -0.2) is 38.8 Å². The summed E-state index contributed by atoms with van der Waals surface area (Å²) in [6.45, 7) is 4.31. The highest BCUT2D eigenvalue weighted by Crippen LogP contribution is 2.36. The highest BCUT2D eigenvalue weighted by Gasteiger charge is 2.33. The van der Waals surface area contributed by atoms with Gasteiger partial charge in [-0.1, -0.05) is 35.3 Å². The molecule has 3 rings (SSSR count). The molecule has 0 amide bonds. The Morgan fingerprint density at radius 1 is 1.36 bits per heavy atom. The molecule has 1 aromatic heterocycles. The zero-order chi connectivity index (χ0) is 18.0. The molecule has 1 aliphatic heterocycles. The molecule has 1 atom stereocenters. The minimum absolute atomic E-state index is 0.322. The summed E-state index contributed by atoms with van der Waals surface area (Å²) in [4.78, 5) is 13.9. The Balaban J connectivity index is 1.75. The minimum Gasteiger partial charge on any atom is -0.480 e. The van der Waals surface area contributed by atoms with Crippen LogP contribution in [0.25, 0.3) is 0 Å². The number of carboxylic acids is 1. The van der Waals surface area contributed by atoms with Gasteiger partial charge in [0.1, 0.15) is 6.04 Å². The molecular weight excluding hydrogens is 361 g/mol. The van der Waals surface area contributed by atoms with E-state index in [4.69, 9.17) is 23.2 Å². The molecule has 1 fully saturated rings. The number of benzene rings is 1. The monoisotopic (exact) mass is 381 g/mol. The lowest BCUT2D eigenvalue weighted by atomic mass is 9.90. The number of likely N-dealkylation sites (tertiary alicyclic amines) is 1. The fourth-order valence-corrected chi connectivity index (χ4v) is 3.88.